The highest BCUT2D eigenvalue weighted by Crippen LogP contribution is 2.19. The minimum Gasteiger partial charge on any atom is -0.466 e. The number of hydrogen-bond donors (Lipinski definition) is 0. The lowest BCUT2D eigenvalue weighted by molar-refractivity contribution is -0.150. The maximum Gasteiger partial charge on any atom is 0.310 e. The highest BCUT2D eigenvalue weighted by atomic mass is 16.5. The molecule has 1 unspecified atom stereocenters. The molecule has 1 heterocycles. The van der Waals surface area contributed by atoms with Crippen LogP contribution in [0.4, 0.5) is 0 Å². The molecule has 0 aromatic rings. The van der Waals surface area contributed by atoms with Crippen LogP contribution < -0.4 is 0 Å². The fourth-order valence-corrected chi connectivity index (χ4v) is 1.89. The monoisotopic (exact) mass is 210 g/mol. The van der Waals surface area contributed by atoms with Gasteiger partial charge in [-0.2, -0.15) is 5.26 Å². The molecule has 1 saturated heterocycles. The molecule has 0 amide bonds. The second-order valence-electron chi connectivity index (χ2n) is 3.89. The van der Waals surface area contributed by atoms with Gasteiger partial charge in [0.25, 0.3) is 0 Å². The Morgan fingerprint density at radius 2 is 2.47 bits per heavy atom. The predicted octanol–water partition coefficient (Wildman–Crippen LogP) is 1.17. The third-order valence-electron chi connectivity index (χ3n) is 2.81. The average Bonchev–Trinajstić information content (AvgIpc) is 2.28. The highest BCUT2D eigenvalue weighted by Gasteiger charge is 2.28. The van der Waals surface area contributed by atoms with Crippen molar-refractivity contribution in [3.63, 3.8) is 0 Å². The summed E-state index contributed by atoms with van der Waals surface area (Å²) in [6.07, 6.45) is 1.85. The molecule has 0 aromatic carbocycles. The first kappa shape index (κ1) is 12.0. The van der Waals surface area contributed by atoms with Crippen molar-refractivity contribution in [2.75, 3.05) is 19.7 Å². The number of hydrogen-bond acceptors (Lipinski definition) is 4. The van der Waals surface area contributed by atoms with E-state index in [2.05, 4.69) is 6.07 Å². The van der Waals surface area contributed by atoms with Gasteiger partial charge in [-0.1, -0.05) is 0 Å². The van der Waals surface area contributed by atoms with Crippen molar-refractivity contribution in [1.29, 1.82) is 5.26 Å². The molecule has 15 heavy (non-hydrogen) atoms. The van der Waals surface area contributed by atoms with Crippen molar-refractivity contribution in [2.45, 2.75) is 32.7 Å². The van der Waals surface area contributed by atoms with Crippen LogP contribution in [0.3, 0.4) is 0 Å². The summed E-state index contributed by atoms with van der Waals surface area (Å²) in [7, 11) is 0. The molecule has 0 bridgehead atoms. The lowest BCUT2D eigenvalue weighted by Gasteiger charge is -2.32. The summed E-state index contributed by atoms with van der Waals surface area (Å²) in [6, 6.07) is 2.09. The topological polar surface area (TPSA) is 53.3 Å². The van der Waals surface area contributed by atoms with Crippen molar-refractivity contribution in [3.8, 4) is 6.07 Å². The first-order chi connectivity index (χ1) is 7.19. The molecule has 0 radical (unpaired) electrons. The first-order valence-corrected chi connectivity index (χ1v) is 5.49. The zero-order chi connectivity index (χ0) is 11.3. The Bertz CT molecular complexity index is 260. The summed E-state index contributed by atoms with van der Waals surface area (Å²) in [5, 5.41) is 8.81. The molecule has 84 valence electrons. The van der Waals surface area contributed by atoms with Gasteiger partial charge in [-0.05, 0) is 33.2 Å². The quantitative estimate of drug-likeness (QED) is 0.656. The molecule has 0 N–H and O–H groups in total. The van der Waals surface area contributed by atoms with Gasteiger partial charge in [-0.25, -0.2) is 0 Å². The fourth-order valence-electron chi connectivity index (χ4n) is 1.89. The van der Waals surface area contributed by atoms with E-state index in [0.717, 1.165) is 19.4 Å². The number of piperidine rings is 1. The van der Waals surface area contributed by atoms with Crippen LogP contribution in [0, 0.1) is 17.2 Å². The van der Waals surface area contributed by atoms with Crippen LogP contribution in [-0.2, 0) is 9.53 Å². The summed E-state index contributed by atoms with van der Waals surface area (Å²) in [5.41, 5.74) is 0. The second-order valence-corrected chi connectivity index (χ2v) is 3.89. The number of nitriles is 1. The van der Waals surface area contributed by atoms with Gasteiger partial charge in [0, 0.05) is 6.54 Å². The standard InChI is InChI=1S/C11H18N2O2/c1-3-15-11(14)10-5-4-6-13(8-10)9(2)7-12/h9-10H,3-6,8H2,1-2H3/t9?,10-/m1/s1. The normalized spacial score (nSPS) is 24.2. The molecular formula is C11H18N2O2. The van der Waals surface area contributed by atoms with E-state index in [1.807, 2.05) is 18.7 Å². The van der Waals surface area contributed by atoms with Crippen molar-refractivity contribution in [1.82, 2.24) is 4.90 Å². The molecule has 1 fully saturated rings. The zero-order valence-corrected chi connectivity index (χ0v) is 9.40. The molecule has 1 aliphatic rings. The maximum absolute atomic E-state index is 11.5. The lowest BCUT2D eigenvalue weighted by Crippen LogP contribution is -2.43. The van der Waals surface area contributed by atoms with Crippen LogP contribution in [0.25, 0.3) is 0 Å². The number of nitrogens with zero attached hydrogens (tertiary/aromatic N) is 2. The molecule has 0 aliphatic carbocycles. The number of ether oxygens (including phenoxy) is 1. The Morgan fingerprint density at radius 3 is 3.07 bits per heavy atom. The van der Waals surface area contributed by atoms with Crippen LogP contribution in [0.15, 0.2) is 0 Å². The average molecular weight is 210 g/mol. The van der Waals surface area contributed by atoms with Gasteiger partial charge in [0.2, 0.25) is 0 Å². The van der Waals surface area contributed by atoms with E-state index < -0.39 is 0 Å². The number of likely N-dealkylation sites (tertiary alicyclic amines) is 1. The van der Waals surface area contributed by atoms with Crippen molar-refractivity contribution in [2.24, 2.45) is 5.92 Å². The third-order valence-corrected chi connectivity index (χ3v) is 2.81. The number of carbonyl (C=O) groups excluding carboxylic acids is 1. The van der Waals surface area contributed by atoms with Crippen LogP contribution >= 0.6 is 0 Å². The molecule has 1 aliphatic heterocycles. The van der Waals surface area contributed by atoms with E-state index in [0.29, 0.717) is 13.2 Å². The summed E-state index contributed by atoms with van der Waals surface area (Å²) in [4.78, 5) is 13.6. The zero-order valence-electron chi connectivity index (χ0n) is 9.40. The fraction of sp³-hybridized carbons (Fsp3) is 0.818. The van der Waals surface area contributed by atoms with Crippen LogP contribution in [0.2, 0.25) is 0 Å². The van der Waals surface area contributed by atoms with Crippen molar-refractivity contribution >= 4 is 5.97 Å². The van der Waals surface area contributed by atoms with Gasteiger partial charge in [0.15, 0.2) is 0 Å². The van der Waals surface area contributed by atoms with E-state index in [1.54, 1.807) is 0 Å². The number of carbonyl (C=O) groups is 1. The summed E-state index contributed by atoms with van der Waals surface area (Å²) >= 11 is 0. The third kappa shape index (κ3) is 3.21. The van der Waals surface area contributed by atoms with Crippen LogP contribution in [0.1, 0.15) is 26.7 Å². The van der Waals surface area contributed by atoms with Gasteiger partial charge in [0.1, 0.15) is 0 Å². The first-order valence-electron chi connectivity index (χ1n) is 5.49. The van der Waals surface area contributed by atoms with Crippen molar-refractivity contribution in [3.05, 3.63) is 0 Å². The molecule has 0 saturated carbocycles. The second kappa shape index (κ2) is 5.72. The minimum absolute atomic E-state index is 0.0468. The Hall–Kier alpha value is -1.08. The molecule has 2 atom stereocenters. The Kier molecular flexibility index (Phi) is 4.57. The molecular weight excluding hydrogens is 192 g/mol. The molecule has 1 rings (SSSR count). The highest BCUT2D eigenvalue weighted by molar-refractivity contribution is 5.72. The van der Waals surface area contributed by atoms with E-state index in [1.165, 1.54) is 0 Å². The van der Waals surface area contributed by atoms with Crippen molar-refractivity contribution < 1.29 is 9.53 Å². The van der Waals surface area contributed by atoms with Crippen LogP contribution in [0.5, 0.6) is 0 Å². The van der Waals surface area contributed by atoms with Gasteiger partial charge < -0.3 is 4.74 Å². The largest absolute Gasteiger partial charge is 0.466 e. The summed E-state index contributed by atoms with van der Waals surface area (Å²) < 4.78 is 4.99. The summed E-state index contributed by atoms with van der Waals surface area (Å²) in [5.74, 6) is -0.165. The minimum atomic E-state index is -0.118. The van der Waals surface area contributed by atoms with E-state index in [-0.39, 0.29) is 17.9 Å². The van der Waals surface area contributed by atoms with E-state index in [9.17, 15) is 4.79 Å². The Morgan fingerprint density at radius 1 is 1.73 bits per heavy atom. The molecule has 4 nitrogen and oxygen atoms in total. The molecule has 4 heteroatoms. The smallest absolute Gasteiger partial charge is 0.310 e. The summed E-state index contributed by atoms with van der Waals surface area (Å²) in [6.45, 7) is 5.69. The van der Waals surface area contributed by atoms with E-state index >= 15 is 0 Å². The van der Waals surface area contributed by atoms with Crippen LogP contribution in [-0.4, -0.2) is 36.6 Å². The molecule has 0 spiro atoms. The predicted molar refractivity (Wildman–Crippen MR) is 56.0 cm³/mol. The van der Waals surface area contributed by atoms with Gasteiger partial charge in [0.05, 0.1) is 24.6 Å². The van der Waals surface area contributed by atoms with Gasteiger partial charge in [-0.15, -0.1) is 0 Å². The number of rotatable bonds is 3. The number of esters is 1. The lowest BCUT2D eigenvalue weighted by atomic mass is 9.97. The Balaban J connectivity index is 2.49. The van der Waals surface area contributed by atoms with E-state index in [4.69, 9.17) is 10.00 Å². The van der Waals surface area contributed by atoms with Gasteiger partial charge >= 0.3 is 5.97 Å². The van der Waals surface area contributed by atoms with Gasteiger partial charge in [-0.3, -0.25) is 9.69 Å². The SMILES string of the molecule is CCOC(=O)[C@@H]1CCCN(C(C)C#N)C1. The Labute approximate surface area is 90.8 Å². The maximum atomic E-state index is 11.5. The molecule has 0 aromatic heterocycles.